The Morgan fingerprint density at radius 1 is 0.707 bits per heavy atom. The van der Waals surface area contributed by atoms with Crippen molar-refractivity contribution in [2.24, 2.45) is 7.05 Å². The highest BCUT2D eigenvalue weighted by molar-refractivity contribution is 6.06. The van der Waals surface area contributed by atoms with Gasteiger partial charge in [-0.1, -0.05) is 97.1 Å². The first-order chi connectivity index (χ1) is 20.1. The summed E-state index contributed by atoms with van der Waals surface area (Å²) in [6.45, 7) is 2.48. The second-order valence-corrected chi connectivity index (χ2v) is 10.6. The van der Waals surface area contributed by atoms with Gasteiger partial charge in [-0.15, -0.1) is 0 Å². The Morgan fingerprint density at radius 3 is 1.88 bits per heavy atom. The molecule has 0 saturated carbocycles. The number of rotatable bonds is 6. The zero-order valence-corrected chi connectivity index (χ0v) is 23.1. The molecule has 0 N–H and O–H groups in total. The van der Waals surface area contributed by atoms with Gasteiger partial charge in [-0.3, -0.25) is 4.79 Å². The summed E-state index contributed by atoms with van der Waals surface area (Å²) in [5, 5.41) is 2.67. The summed E-state index contributed by atoms with van der Waals surface area (Å²) in [4.78, 5) is 18.8. The summed E-state index contributed by atoms with van der Waals surface area (Å²) in [5.74, 6) is 0. The second-order valence-electron chi connectivity index (χ2n) is 10.6. The van der Waals surface area contributed by atoms with E-state index < -0.39 is 5.54 Å². The van der Waals surface area contributed by atoms with E-state index >= 15 is 0 Å². The molecule has 3 aromatic heterocycles. The first-order valence-corrected chi connectivity index (χ1v) is 13.9. The van der Waals surface area contributed by atoms with E-state index in [2.05, 4.69) is 90.4 Å². The fraction of sp³-hybridized carbons (Fsp3) is 0.111. The van der Waals surface area contributed by atoms with Crippen molar-refractivity contribution < 1.29 is 0 Å². The van der Waals surface area contributed by atoms with Crippen LogP contribution in [0.1, 0.15) is 28.1 Å². The monoisotopic (exact) mass is 534 g/mol. The van der Waals surface area contributed by atoms with Crippen LogP contribution in [0, 0.1) is 6.92 Å². The standard InChI is InChI=1S/C36H30N4O/c1-26-32(24-39-23-20-27-18-19-33-31(21-22-38(33)2)34(27)35(39)41)37-25-40(26)36(28-12-6-3-7-13-28,29-14-8-4-9-15-29)30-16-10-5-11-17-30/h3-23,25H,24H2,1-2H3. The largest absolute Gasteiger partial charge is 0.351 e. The average molecular weight is 535 g/mol. The maximum absolute atomic E-state index is 13.9. The van der Waals surface area contributed by atoms with E-state index in [1.54, 1.807) is 4.57 Å². The number of fused-ring (bicyclic) bond motifs is 3. The zero-order chi connectivity index (χ0) is 28.0. The van der Waals surface area contributed by atoms with Gasteiger partial charge in [-0.05, 0) is 47.2 Å². The van der Waals surface area contributed by atoms with E-state index in [1.807, 2.05) is 66.7 Å². The lowest BCUT2D eigenvalue weighted by Crippen LogP contribution is -2.38. The van der Waals surface area contributed by atoms with Crippen molar-refractivity contribution in [1.29, 1.82) is 0 Å². The van der Waals surface area contributed by atoms with Gasteiger partial charge in [0.15, 0.2) is 0 Å². The lowest BCUT2D eigenvalue weighted by Gasteiger charge is -2.38. The first kappa shape index (κ1) is 24.9. The molecule has 0 spiro atoms. The van der Waals surface area contributed by atoms with Gasteiger partial charge in [-0.25, -0.2) is 4.98 Å². The minimum atomic E-state index is -0.649. The molecule has 3 heterocycles. The van der Waals surface area contributed by atoms with E-state index in [-0.39, 0.29) is 5.56 Å². The van der Waals surface area contributed by atoms with Gasteiger partial charge in [0.05, 0.1) is 24.0 Å². The van der Waals surface area contributed by atoms with Gasteiger partial charge in [-0.2, -0.15) is 0 Å². The molecular formula is C36H30N4O. The summed E-state index contributed by atoms with van der Waals surface area (Å²) in [6.07, 6.45) is 5.82. The van der Waals surface area contributed by atoms with Crippen LogP contribution < -0.4 is 5.56 Å². The lowest BCUT2D eigenvalue weighted by molar-refractivity contribution is 0.502. The maximum atomic E-state index is 13.9. The number of nitrogens with zero attached hydrogens (tertiary/aromatic N) is 4. The van der Waals surface area contributed by atoms with Crippen molar-refractivity contribution in [1.82, 2.24) is 18.7 Å². The smallest absolute Gasteiger partial charge is 0.259 e. The molecule has 0 aliphatic carbocycles. The normalized spacial score (nSPS) is 11.9. The van der Waals surface area contributed by atoms with E-state index in [1.165, 1.54) is 0 Å². The Balaban J connectivity index is 1.43. The van der Waals surface area contributed by atoms with Gasteiger partial charge < -0.3 is 13.7 Å². The topological polar surface area (TPSA) is 44.8 Å². The summed E-state index contributed by atoms with van der Waals surface area (Å²) in [7, 11) is 2.00. The minimum absolute atomic E-state index is 0.00584. The number of aryl methyl sites for hydroxylation is 1. The molecule has 200 valence electrons. The summed E-state index contributed by atoms with van der Waals surface area (Å²) >= 11 is 0. The molecule has 7 aromatic rings. The minimum Gasteiger partial charge on any atom is -0.351 e. The molecule has 0 bridgehead atoms. The number of aromatic nitrogens is 4. The molecule has 0 unspecified atom stereocenters. The molecule has 0 aliphatic rings. The average Bonchev–Trinajstić information content (AvgIpc) is 3.58. The van der Waals surface area contributed by atoms with Crippen molar-refractivity contribution in [2.75, 3.05) is 0 Å². The van der Waals surface area contributed by atoms with Crippen LogP contribution in [0.2, 0.25) is 0 Å². The number of benzene rings is 4. The molecule has 5 heteroatoms. The van der Waals surface area contributed by atoms with Gasteiger partial charge in [0.25, 0.3) is 5.56 Å². The van der Waals surface area contributed by atoms with Crippen molar-refractivity contribution in [2.45, 2.75) is 19.0 Å². The summed E-state index contributed by atoms with van der Waals surface area (Å²) < 4.78 is 6.10. The van der Waals surface area contributed by atoms with E-state index in [0.717, 1.165) is 49.8 Å². The molecule has 41 heavy (non-hydrogen) atoms. The molecule has 0 amide bonds. The fourth-order valence-corrected chi connectivity index (χ4v) is 6.31. The highest BCUT2D eigenvalue weighted by Crippen LogP contribution is 2.42. The highest BCUT2D eigenvalue weighted by Gasteiger charge is 2.39. The Bertz CT molecular complexity index is 1960. The molecule has 0 fully saturated rings. The lowest BCUT2D eigenvalue weighted by atomic mass is 9.76. The molecular weight excluding hydrogens is 504 g/mol. The predicted octanol–water partition coefficient (Wildman–Crippen LogP) is 6.89. The van der Waals surface area contributed by atoms with Crippen molar-refractivity contribution >= 4 is 21.7 Å². The van der Waals surface area contributed by atoms with Crippen LogP contribution in [0.3, 0.4) is 0 Å². The molecule has 4 aromatic carbocycles. The predicted molar refractivity (Wildman–Crippen MR) is 165 cm³/mol. The van der Waals surface area contributed by atoms with Gasteiger partial charge in [0.1, 0.15) is 5.54 Å². The SMILES string of the molecule is Cc1c(Cn2ccc3ccc4c(ccn4C)c3c2=O)ncn1C(c1ccccc1)(c1ccccc1)c1ccccc1. The highest BCUT2D eigenvalue weighted by atomic mass is 16.1. The Hall–Kier alpha value is -5.16. The third-order valence-electron chi connectivity index (χ3n) is 8.37. The van der Waals surface area contributed by atoms with E-state index in [4.69, 9.17) is 4.98 Å². The fourth-order valence-electron chi connectivity index (χ4n) is 6.31. The molecule has 0 saturated heterocycles. The van der Waals surface area contributed by atoms with Crippen LogP contribution in [-0.4, -0.2) is 18.7 Å². The van der Waals surface area contributed by atoms with Crippen LogP contribution in [-0.2, 0) is 19.1 Å². The van der Waals surface area contributed by atoms with Crippen molar-refractivity contribution in [3.05, 3.63) is 172 Å². The molecule has 0 radical (unpaired) electrons. The number of pyridine rings is 1. The zero-order valence-electron chi connectivity index (χ0n) is 23.1. The third kappa shape index (κ3) is 3.85. The number of imidazole rings is 1. The van der Waals surface area contributed by atoms with Crippen molar-refractivity contribution in [3.63, 3.8) is 0 Å². The van der Waals surface area contributed by atoms with Crippen LogP contribution in [0.5, 0.6) is 0 Å². The quantitative estimate of drug-likeness (QED) is 0.218. The van der Waals surface area contributed by atoms with Crippen molar-refractivity contribution in [3.8, 4) is 0 Å². The van der Waals surface area contributed by atoms with Crippen LogP contribution in [0.4, 0.5) is 0 Å². The molecule has 0 atom stereocenters. The van der Waals surface area contributed by atoms with Crippen LogP contribution >= 0.6 is 0 Å². The Morgan fingerprint density at radius 2 is 1.29 bits per heavy atom. The maximum Gasteiger partial charge on any atom is 0.259 e. The van der Waals surface area contributed by atoms with Crippen LogP contribution in [0.15, 0.2) is 139 Å². The number of hydrogen-bond donors (Lipinski definition) is 0. The Kier molecular flexibility index (Phi) is 5.93. The first-order valence-electron chi connectivity index (χ1n) is 13.9. The van der Waals surface area contributed by atoms with E-state index in [0.29, 0.717) is 6.54 Å². The summed E-state index contributed by atoms with van der Waals surface area (Å²) in [5.41, 5.74) is 5.67. The van der Waals surface area contributed by atoms with Gasteiger partial charge >= 0.3 is 0 Å². The van der Waals surface area contributed by atoms with E-state index in [9.17, 15) is 4.79 Å². The van der Waals surface area contributed by atoms with Crippen LogP contribution in [0.25, 0.3) is 21.7 Å². The second kappa shape index (κ2) is 9.79. The van der Waals surface area contributed by atoms with Gasteiger partial charge in [0.2, 0.25) is 0 Å². The Labute approximate surface area is 238 Å². The van der Waals surface area contributed by atoms with Gasteiger partial charge in [0, 0.05) is 36.0 Å². The summed E-state index contributed by atoms with van der Waals surface area (Å²) in [6, 6.07) is 39.9. The third-order valence-corrected chi connectivity index (χ3v) is 8.37. The molecule has 0 aliphatic heterocycles. The molecule has 5 nitrogen and oxygen atoms in total. The molecule has 7 rings (SSSR count). The number of hydrogen-bond acceptors (Lipinski definition) is 2.